The van der Waals surface area contributed by atoms with Crippen LogP contribution in [0.5, 0.6) is 5.75 Å². The van der Waals surface area contributed by atoms with Crippen LogP contribution in [0.3, 0.4) is 0 Å². The number of hydrogen-bond acceptors (Lipinski definition) is 1. The fourth-order valence-electron chi connectivity index (χ4n) is 3.78. The minimum atomic E-state index is -0.0396. The Morgan fingerprint density at radius 2 is 2.05 bits per heavy atom. The van der Waals surface area contributed by atoms with Gasteiger partial charge in [-0.2, -0.15) is 0 Å². The second kappa shape index (κ2) is 4.77. The first-order valence-corrected chi connectivity index (χ1v) is 9.00. The van der Waals surface area contributed by atoms with E-state index in [9.17, 15) is 0 Å². The molecule has 3 heteroatoms. The monoisotopic (exact) mass is 386 g/mol. The molecular weight excluding hydrogens is 368 g/mol. The van der Waals surface area contributed by atoms with E-state index in [1.54, 1.807) is 0 Å². The molecule has 1 heterocycles. The van der Waals surface area contributed by atoms with Gasteiger partial charge >= 0.3 is 0 Å². The van der Waals surface area contributed by atoms with Gasteiger partial charge in [0.15, 0.2) is 0 Å². The van der Waals surface area contributed by atoms with Gasteiger partial charge < -0.3 is 4.74 Å². The molecule has 0 radical (unpaired) electrons. The maximum atomic E-state index is 6.49. The third-order valence-corrected chi connectivity index (χ3v) is 7.68. The Balaban J connectivity index is 2.06. The number of halogens is 2. The van der Waals surface area contributed by atoms with Crippen LogP contribution in [-0.2, 0) is 6.42 Å². The van der Waals surface area contributed by atoms with Crippen molar-refractivity contribution >= 4 is 31.9 Å². The molecule has 0 saturated heterocycles. The van der Waals surface area contributed by atoms with Crippen LogP contribution in [0.25, 0.3) is 0 Å². The van der Waals surface area contributed by atoms with Crippen molar-refractivity contribution in [2.24, 2.45) is 11.3 Å². The first kappa shape index (κ1) is 13.9. The average Bonchev–Trinajstić information content (AvgIpc) is 2.42. The first-order chi connectivity index (χ1) is 8.99. The molecule has 0 amide bonds. The molecule has 1 aliphatic heterocycles. The summed E-state index contributed by atoms with van der Waals surface area (Å²) in [5.41, 5.74) is 1.57. The molecular formula is C16H20Br2O. The second-order valence-corrected chi connectivity index (χ2v) is 8.16. The topological polar surface area (TPSA) is 9.23 Å². The van der Waals surface area contributed by atoms with Crippen molar-refractivity contribution in [2.75, 3.05) is 5.33 Å². The van der Waals surface area contributed by atoms with E-state index < -0.39 is 0 Å². The van der Waals surface area contributed by atoms with Crippen molar-refractivity contribution in [1.29, 1.82) is 0 Å². The van der Waals surface area contributed by atoms with Crippen molar-refractivity contribution in [2.45, 2.75) is 43.5 Å². The number of ether oxygens (including phenoxy) is 1. The molecule has 1 aromatic rings. The quantitative estimate of drug-likeness (QED) is 0.619. The zero-order valence-corrected chi connectivity index (χ0v) is 14.6. The van der Waals surface area contributed by atoms with Crippen LogP contribution in [0.15, 0.2) is 24.3 Å². The molecule has 1 aromatic carbocycles. The molecule has 3 rings (SSSR count). The number of hydrogen-bond donors (Lipinski definition) is 0. The van der Waals surface area contributed by atoms with Gasteiger partial charge in [0.05, 0.1) is 0 Å². The van der Waals surface area contributed by atoms with E-state index in [1.165, 1.54) is 12.0 Å². The Bertz CT molecular complexity index is 485. The molecule has 0 bridgehead atoms. The summed E-state index contributed by atoms with van der Waals surface area (Å²) >= 11 is 7.62. The van der Waals surface area contributed by atoms with Gasteiger partial charge in [0.2, 0.25) is 0 Å². The summed E-state index contributed by atoms with van der Waals surface area (Å²) < 4.78 is 6.49. The molecule has 19 heavy (non-hydrogen) atoms. The second-order valence-electron chi connectivity index (χ2n) is 6.49. The number of benzene rings is 1. The number of para-hydroxylation sites is 1. The van der Waals surface area contributed by atoms with Gasteiger partial charge in [0.1, 0.15) is 11.4 Å². The highest BCUT2D eigenvalue weighted by molar-refractivity contribution is 9.09. The summed E-state index contributed by atoms with van der Waals surface area (Å²) in [5, 5.41) is 0.919. The smallest absolute Gasteiger partial charge is 0.123 e. The minimum absolute atomic E-state index is 0.0396. The van der Waals surface area contributed by atoms with Crippen molar-refractivity contribution in [3.63, 3.8) is 0 Å². The van der Waals surface area contributed by atoms with Crippen LogP contribution in [0.2, 0.25) is 0 Å². The number of rotatable bonds is 1. The van der Waals surface area contributed by atoms with Crippen molar-refractivity contribution in [1.82, 2.24) is 0 Å². The number of alkyl halides is 2. The number of fused-ring (bicyclic) bond motifs is 2. The average molecular weight is 388 g/mol. The highest BCUT2D eigenvalue weighted by atomic mass is 79.9. The maximum Gasteiger partial charge on any atom is 0.123 e. The predicted octanol–water partition coefficient (Wildman–Crippen LogP) is 4.95. The maximum absolute atomic E-state index is 6.49. The molecule has 0 aromatic heterocycles. The third kappa shape index (κ3) is 2.08. The molecule has 0 unspecified atom stereocenters. The molecule has 1 fully saturated rings. The van der Waals surface area contributed by atoms with E-state index in [0.717, 1.165) is 23.9 Å². The summed E-state index contributed by atoms with van der Waals surface area (Å²) in [5.74, 6) is 1.63. The molecule has 1 saturated carbocycles. The first-order valence-electron chi connectivity index (χ1n) is 6.96. The van der Waals surface area contributed by atoms with Crippen LogP contribution in [0.1, 0.15) is 32.3 Å². The molecule has 1 nitrogen and oxygen atoms in total. The van der Waals surface area contributed by atoms with Gasteiger partial charge in [-0.3, -0.25) is 0 Å². The lowest BCUT2D eigenvalue weighted by Crippen LogP contribution is -2.60. The Morgan fingerprint density at radius 1 is 1.32 bits per heavy atom. The van der Waals surface area contributed by atoms with Crippen LogP contribution >= 0.6 is 31.9 Å². The highest BCUT2D eigenvalue weighted by Crippen LogP contribution is 2.55. The van der Waals surface area contributed by atoms with Crippen LogP contribution in [0.4, 0.5) is 0 Å². The van der Waals surface area contributed by atoms with Gasteiger partial charge in [0, 0.05) is 16.1 Å². The van der Waals surface area contributed by atoms with Crippen LogP contribution < -0.4 is 4.74 Å². The lowest BCUT2D eigenvalue weighted by molar-refractivity contribution is -0.0729. The minimum Gasteiger partial charge on any atom is -0.486 e. The zero-order valence-electron chi connectivity index (χ0n) is 11.5. The summed E-state index contributed by atoms with van der Waals surface area (Å²) in [4.78, 5) is 0.575. The SMILES string of the molecule is CC1(C)[C@@H](Br)CC[C@]2(CBr)Oc3ccccc3C[C@@H]12. The van der Waals surface area contributed by atoms with E-state index in [2.05, 4.69) is 70.0 Å². The fourth-order valence-corrected chi connectivity index (χ4v) is 5.12. The predicted molar refractivity (Wildman–Crippen MR) is 86.5 cm³/mol. The lowest BCUT2D eigenvalue weighted by atomic mass is 9.59. The van der Waals surface area contributed by atoms with Crippen molar-refractivity contribution in [3.05, 3.63) is 29.8 Å². The molecule has 2 aliphatic rings. The van der Waals surface area contributed by atoms with E-state index in [1.807, 2.05) is 0 Å². The van der Waals surface area contributed by atoms with Gasteiger partial charge in [0.25, 0.3) is 0 Å². The van der Waals surface area contributed by atoms with E-state index >= 15 is 0 Å². The van der Waals surface area contributed by atoms with Gasteiger partial charge in [-0.05, 0) is 36.3 Å². The van der Waals surface area contributed by atoms with Gasteiger partial charge in [-0.25, -0.2) is 0 Å². The largest absolute Gasteiger partial charge is 0.486 e. The normalized spacial score (nSPS) is 36.0. The summed E-state index contributed by atoms with van der Waals surface area (Å²) in [6.45, 7) is 4.76. The van der Waals surface area contributed by atoms with Crippen molar-refractivity contribution < 1.29 is 4.74 Å². The molecule has 1 aliphatic carbocycles. The summed E-state index contributed by atoms with van der Waals surface area (Å²) in [6, 6.07) is 8.51. The van der Waals surface area contributed by atoms with Crippen LogP contribution in [0, 0.1) is 11.3 Å². The van der Waals surface area contributed by atoms with Crippen LogP contribution in [-0.4, -0.2) is 15.8 Å². The fraction of sp³-hybridized carbons (Fsp3) is 0.625. The molecule has 0 spiro atoms. The molecule has 0 N–H and O–H groups in total. The van der Waals surface area contributed by atoms with E-state index in [-0.39, 0.29) is 11.0 Å². The summed E-state index contributed by atoms with van der Waals surface area (Å²) in [6.07, 6.45) is 3.42. The van der Waals surface area contributed by atoms with Gasteiger partial charge in [-0.1, -0.05) is 63.9 Å². The lowest BCUT2D eigenvalue weighted by Gasteiger charge is -2.56. The van der Waals surface area contributed by atoms with E-state index in [0.29, 0.717) is 10.7 Å². The van der Waals surface area contributed by atoms with Gasteiger partial charge in [-0.15, -0.1) is 0 Å². The standard InChI is InChI=1S/C16H20Br2O/c1-15(2)13-9-11-5-3-4-6-12(11)19-16(13,10-17)8-7-14(15)18/h3-6,13-14H,7-10H2,1-2H3/t13-,14-,16+/m0/s1. The Hall–Kier alpha value is -0.0200. The zero-order chi connectivity index (χ0) is 13.7. The molecule has 104 valence electrons. The Kier molecular flexibility index (Phi) is 3.50. The molecule has 3 atom stereocenters. The highest BCUT2D eigenvalue weighted by Gasteiger charge is 2.55. The Labute approximate surface area is 132 Å². The van der Waals surface area contributed by atoms with Crippen molar-refractivity contribution in [3.8, 4) is 5.75 Å². The third-order valence-electron chi connectivity index (χ3n) is 5.10. The Morgan fingerprint density at radius 3 is 2.79 bits per heavy atom. The summed E-state index contributed by atoms with van der Waals surface area (Å²) in [7, 11) is 0. The van der Waals surface area contributed by atoms with E-state index in [4.69, 9.17) is 4.74 Å².